The number of thioether (sulfide) groups is 1. The first-order chi connectivity index (χ1) is 16.1. The van der Waals surface area contributed by atoms with Gasteiger partial charge >= 0.3 is 0 Å². The van der Waals surface area contributed by atoms with Crippen LogP contribution >= 0.6 is 11.8 Å². The Hall–Kier alpha value is -3.51. The standard InChI is InChI=1S/C27H24FN3OS/c1-2-18-9-13-22(14-10-18)29-27-30-26(32)25(33-27)15-20-17-31(24-6-4-3-5-23(20)24)16-19-7-11-21(28)12-8-19/h3-15,17,27,29H,2,16H2,1H3,(H,30,32)/b25-15-/t27-/m0/s1. The van der Waals surface area contributed by atoms with Gasteiger partial charge in [-0.2, -0.15) is 0 Å². The summed E-state index contributed by atoms with van der Waals surface area (Å²) in [7, 11) is 0. The Balaban J connectivity index is 1.39. The molecule has 1 aliphatic heterocycles. The van der Waals surface area contributed by atoms with Gasteiger partial charge in [-0.3, -0.25) is 4.79 Å². The lowest BCUT2D eigenvalue weighted by atomic mass is 10.1. The first-order valence-electron chi connectivity index (χ1n) is 11.0. The number of halogens is 1. The number of fused-ring (bicyclic) bond motifs is 1. The van der Waals surface area contributed by atoms with E-state index in [1.165, 1.54) is 29.5 Å². The molecule has 5 rings (SSSR count). The Morgan fingerprint density at radius 3 is 2.52 bits per heavy atom. The zero-order valence-electron chi connectivity index (χ0n) is 18.2. The van der Waals surface area contributed by atoms with E-state index in [-0.39, 0.29) is 17.2 Å². The minimum absolute atomic E-state index is 0.0851. The van der Waals surface area contributed by atoms with Crippen LogP contribution in [0.5, 0.6) is 0 Å². The van der Waals surface area contributed by atoms with Gasteiger partial charge in [0.05, 0.1) is 4.91 Å². The second-order valence-electron chi connectivity index (χ2n) is 8.03. The maximum Gasteiger partial charge on any atom is 0.260 e. The van der Waals surface area contributed by atoms with Crippen LogP contribution < -0.4 is 10.6 Å². The molecule has 166 valence electrons. The van der Waals surface area contributed by atoms with E-state index in [2.05, 4.69) is 52.6 Å². The molecule has 1 atom stereocenters. The van der Waals surface area contributed by atoms with E-state index in [0.29, 0.717) is 11.4 Å². The van der Waals surface area contributed by atoms with E-state index < -0.39 is 0 Å². The number of hydrogen-bond acceptors (Lipinski definition) is 3. The summed E-state index contributed by atoms with van der Waals surface area (Å²) in [6.45, 7) is 2.75. The summed E-state index contributed by atoms with van der Waals surface area (Å²) in [5.74, 6) is -0.326. The van der Waals surface area contributed by atoms with Crippen LogP contribution in [0.25, 0.3) is 17.0 Å². The molecule has 2 heterocycles. The largest absolute Gasteiger partial charge is 0.357 e. The van der Waals surface area contributed by atoms with Gasteiger partial charge in [-0.15, -0.1) is 0 Å². The molecule has 1 fully saturated rings. The molecular formula is C27H24FN3OS. The molecule has 0 aliphatic carbocycles. The van der Waals surface area contributed by atoms with Gasteiger partial charge in [-0.1, -0.05) is 61.2 Å². The van der Waals surface area contributed by atoms with E-state index >= 15 is 0 Å². The summed E-state index contributed by atoms with van der Waals surface area (Å²) >= 11 is 1.48. The summed E-state index contributed by atoms with van der Waals surface area (Å²) in [5, 5.41) is 7.45. The van der Waals surface area contributed by atoms with Gasteiger partial charge in [0, 0.05) is 34.9 Å². The van der Waals surface area contributed by atoms with Crippen molar-refractivity contribution in [2.75, 3.05) is 5.32 Å². The molecule has 0 spiro atoms. The van der Waals surface area contributed by atoms with Crippen molar-refractivity contribution in [1.82, 2.24) is 9.88 Å². The summed E-state index contributed by atoms with van der Waals surface area (Å²) in [6.07, 6.45) is 5.00. The van der Waals surface area contributed by atoms with E-state index in [1.807, 2.05) is 30.3 Å². The molecule has 0 saturated carbocycles. The van der Waals surface area contributed by atoms with Crippen molar-refractivity contribution in [3.05, 3.63) is 106 Å². The van der Waals surface area contributed by atoms with Crippen LogP contribution in [-0.4, -0.2) is 16.0 Å². The number of rotatable bonds is 6. The molecule has 1 aromatic heterocycles. The lowest BCUT2D eigenvalue weighted by Gasteiger charge is -2.12. The molecule has 0 bridgehead atoms. The number of nitrogens with zero attached hydrogens (tertiary/aromatic N) is 1. The van der Waals surface area contributed by atoms with Crippen molar-refractivity contribution < 1.29 is 9.18 Å². The topological polar surface area (TPSA) is 46.1 Å². The van der Waals surface area contributed by atoms with Gasteiger partial charge in [0.25, 0.3) is 5.91 Å². The normalized spacial score (nSPS) is 17.0. The zero-order valence-corrected chi connectivity index (χ0v) is 19.0. The Labute approximate surface area is 196 Å². The monoisotopic (exact) mass is 457 g/mol. The minimum Gasteiger partial charge on any atom is -0.357 e. The summed E-state index contributed by atoms with van der Waals surface area (Å²) in [5.41, 5.74) is 5.11. The second kappa shape index (κ2) is 9.16. The first kappa shape index (κ1) is 21.3. The van der Waals surface area contributed by atoms with Crippen molar-refractivity contribution in [2.24, 2.45) is 0 Å². The van der Waals surface area contributed by atoms with Crippen LogP contribution in [-0.2, 0) is 17.8 Å². The van der Waals surface area contributed by atoms with Crippen molar-refractivity contribution in [3.63, 3.8) is 0 Å². The number of amides is 1. The zero-order chi connectivity index (χ0) is 22.8. The maximum absolute atomic E-state index is 13.3. The third-order valence-electron chi connectivity index (χ3n) is 5.76. The highest BCUT2D eigenvalue weighted by Gasteiger charge is 2.27. The molecule has 4 nitrogen and oxygen atoms in total. The highest BCUT2D eigenvalue weighted by atomic mass is 32.2. The number of para-hydroxylation sites is 1. The van der Waals surface area contributed by atoms with Crippen LogP contribution in [0.3, 0.4) is 0 Å². The average molecular weight is 458 g/mol. The van der Waals surface area contributed by atoms with Crippen LogP contribution in [0, 0.1) is 5.82 Å². The number of aromatic nitrogens is 1. The molecule has 4 aromatic rings. The number of benzene rings is 3. The summed E-state index contributed by atoms with van der Waals surface area (Å²) < 4.78 is 15.4. The van der Waals surface area contributed by atoms with Crippen molar-refractivity contribution in [3.8, 4) is 0 Å². The second-order valence-corrected chi connectivity index (χ2v) is 9.18. The molecule has 33 heavy (non-hydrogen) atoms. The average Bonchev–Trinajstić information content (AvgIpc) is 3.35. The molecule has 0 radical (unpaired) electrons. The van der Waals surface area contributed by atoms with Crippen LogP contribution in [0.15, 0.2) is 83.9 Å². The van der Waals surface area contributed by atoms with E-state index in [9.17, 15) is 9.18 Å². The van der Waals surface area contributed by atoms with Crippen LogP contribution in [0.1, 0.15) is 23.6 Å². The SMILES string of the molecule is CCc1ccc(N[C@H]2NC(=O)/C(=C/c3cn(Cc4ccc(F)cc4)c4ccccc34)S2)cc1. The molecule has 1 aliphatic rings. The molecule has 6 heteroatoms. The third-order valence-corrected chi connectivity index (χ3v) is 6.79. The van der Waals surface area contributed by atoms with E-state index in [1.54, 1.807) is 12.1 Å². The van der Waals surface area contributed by atoms with Gasteiger partial charge in [0.1, 0.15) is 5.82 Å². The molecule has 1 amide bonds. The third kappa shape index (κ3) is 4.66. The highest BCUT2D eigenvalue weighted by Crippen LogP contribution is 2.33. The first-order valence-corrected chi connectivity index (χ1v) is 11.8. The summed E-state index contributed by atoms with van der Waals surface area (Å²) in [6, 6.07) is 22.9. The molecule has 1 saturated heterocycles. The number of nitrogens with one attached hydrogen (secondary N) is 2. The van der Waals surface area contributed by atoms with Crippen molar-refractivity contribution in [1.29, 1.82) is 0 Å². The molecule has 2 N–H and O–H groups in total. The predicted octanol–water partition coefficient (Wildman–Crippen LogP) is 5.99. The maximum atomic E-state index is 13.3. The predicted molar refractivity (Wildman–Crippen MR) is 134 cm³/mol. The smallest absolute Gasteiger partial charge is 0.260 e. The number of aryl methyl sites for hydroxylation is 1. The number of anilines is 1. The molecular weight excluding hydrogens is 433 g/mol. The lowest BCUT2D eigenvalue weighted by molar-refractivity contribution is -0.116. The summed E-state index contributed by atoms with van der Waals surface area (Å²) in [4.78, 5) is 13.3. The van der Waals surface area contributed by atoms with Gasteiger partial charge in [0.2, 0.25) is 0 Å². The highest BCUT2D eigenvalue weighted by molar-refractivity contribution is 8.05. The van der Waals surface area contributed by atoms with Gasteiger partial charge in [0.15, 0.2) is 5.50 Å². The lowest BCUT2D eigenvalue weighted by Crippen LogP contribution is -2.30. The quantitative estimate of drug-likeness (QED) is 0.350. The fourth-order valence-corrected chi connectivity index (χ4v) is 4.98. The molecule has 3 aromatic carbocycles. The Morgan fingerprint density at radius 2 is 1.76 bits per heavy atom. The van der Waals surface area contributed by atoms with Gasteiger partial charge < -0.3 is 15.2 Å². The minimum atomic E-state index is -0.240. The van der Waals surface area contributed by atoms with Crippen LogP contribution in [0.2, 0.25) is 0 Å². The van der Waals surface area contributed by atoms with Gasteiger partial charge in [-0.05, 0) is 54.0 Å². The fraction of sp³-hybridized carbons (Fsp3) is 0.148. The fourth-order valence-electron chi connectivity index (χ4n) is 4.00. The van der Waals surface area contributed by atoms with Crippen molar-refractivity contribution in [2.45, 2.75) is 25.4 Å². The number of carbonyl (C=O) groups is 1. The Bertz CT molecular complexity index is 1330. The Kier molecular flexibility index (Phi) is 5.92. The number of hydrogen-bond donors (Lipinski definition) is 2. The van der Waals surface area contributed by atoms with Crippen LogP contribution in [0.4, 0.5) is 10.1 Å². The van der Waals surface area contributed by atoms with E-state index in [0.717, 1.165) is 34.1 Å². The van der Waals surface area contributed by atoms with Gasteiger partial charge in [-0.25, -0.2) is 4.39 Å². The molecule has 0 unspecified atom stereocenters. The number of carbonyl (C=O) groups excluding carboxylic acids is 1. The Morgan fingerprint density at radius 1 is 1.03 bits per heavy atom. The van der Waals surface area contributed by atoms with E-state index in [4.69, 9.17) is 0 Å². The van der Waals surface area contributed by atoms with Crippen molar-refractivity contribution >= 4 is 40.3 Å².